The van der Waals surface area contributed by atoms with Crippen LogP contribution in [0.2, 0.25) is 0 Å². The number of ketones is 1. The number of ether oxygens (including phenoxy) is 1. The second kappa shape index (κ2) is 5.69. The van der Waals surface area contributed by atoms with E-state index in [0.717, 1.165) is 19.3 Å². The molecule has 0 aromatic rings. The molecule has 1 rings (SSSR count). The third kappa shape index (κ3) is 2.91. The van der Waals surface area contributed by atoms with Gasteiger partial charge in [0, 0.05) is 5.92 Å². The van der Waals surface area contributed by atoms with E-state index in [0.29, 0.717) is 13.0 Å². The molecule has 0 aromatic carbocycles. The molecule has 15 heavy (non-hydrogen) atoms. The normalized spacial score (nSPS) is 25.3. The second-order valence-corrected chi connectivity index (χ2v) is 3.85. The predicted octanol–water partition coefficient (Wildman–Crippen LogP) is 2.11. The molecular weight excluding hydrogens is 192 g/mol. The highest BCUT2D eigenvalue weighted by molar-refractivity contribution is 6.01. The van der Waals surface area contributed by atoms with E-state index < -0.39 is 5.92 Å². The summed E-state index contributed by atoms with van der Waals surface area (Å²) < 4.78 is 4.87. The van der Waals surface area contributed by atoms with E-state index in [1.54, 1.807) is 6.92 Å². The van der Waals surface area contributed by atoms with E-state index in [1.807, 2.05) is 6.08 Å². The summed E-state index contributed by atoms with van der Waals surface area (Å²) in [7, 11) is 0. The number of carbonyl (C=O) groups excluding carboxylic acids is 2. The summed E-state index contributed by atoms with van der Waals surface area (Å²) in [5.41, 5.74) is 0. The lowest BCUT2D eigenvalue weighted by Crippen LogP contribution is -2.24. The van der Waals surface area contributed by atoms with Gasteiger partial charge in [-0.2, -0.15) is 0 Å². The number of carbonyl (C=O) groups is 2. The summed E-state index contributed by atoms with van der Waals surface area (Å²) in [4.78, 5) is 23.2. The number of rotatable bonds is 5. The highest BCUT2D eigenvalue weighted by Crippen LogP contribution is 2.31. The molecule has 1 fully saturated rings. The zero-order chi connectivity index (χ0) is 11.3. The van der Waals surface area contributed by atoms with Crippen LogP contribution in [0.4, 0.5) is 0 Å². The summed E-state index contributed by atoms with van der Waals surface area (Å²) in [6, 6.07) is 0. The minimum Gasteiger partial charge on any atom is -0.465 e. The number of hydrogen-bond donors (Lipinski definition) is 0. The first-order chi connectivity index (χ1) is 7.20. The van der Waals surface area contributed by atoms with Crippen LogP contribution in [0.25, 0.3) is 0 Å². The van der Waals surface area contributed by atoms with Gasteiger partial charge in [0.25, 0.3) is 0 Å². The largest absolute Gasteiger partial charge is 0.465 e. The van der Waals surface area contributed by atoms with Crippen molar-refractivity contribution in [1.29, 1.82) is 0 Å². The van der Waals surface area contributed by atoms with Gasteiger partial charge in [-0.05, 0) is 32.6 Å². The molecule has 84 valence electrons. The standard InChI is InChI=1S/C12H18O3/c1-3-5-6-9-7-8-10(11(9)13)12(14)15-4-2/h3,9-10H,1,4-8H2,2H3. The van der Waals surface area contributed by atoms with Crippen LogP contribution in [0, 0.1) is 11.8 Å². The Kier molecular flexibility index (Phi) is 4.53. The van der Waals surface area contributed by atoms with E-state index >= 15 is 0 Å². The molecular formula is C12H18O3. The summed E-state index contributed by atoms with van der Waals surface area (Å²) in [6.07, 6.45) is 4.94. The summed E-state index contributed by atoms with van der Waals surface area (Å²) in [5.74, 6) is -0.740. The smallest absolute Gasteiger partial charge is 0.316 e. The van der Waals surface area contributed by atoms with Gasteiger partial charge in [-0.3, -0.25) is 9.59 Å². The van der Waals surface area contributed by atoms with Crippen molar-refractivity contribution in [2.24, 2.45) is 11.8 Å². The molecule has 0 bridgehead atoms. The Morgan fingerprint density at radius 1 is 1.60 bits per heavy atom. The molecule has 0 N–H and O–H groups in total. The molecule has 2 atom stereocenters. The first kappa shape index (κ1) is 12.0. The third-order valence-electron chi connectivity index (χ3n) is 2.84. The topological polar surface area (TPSA) is 43.4 Å². The Hall–Kier alpha value is -1.12. The van der Waals surface area contributed by atoms with E-state index in [4.69, 9.17) is 4.74 Å². The number of hydrogen-bond acceptors (Lipinski definition) is 3. The molecule has 1 aliphatic carbocycles. The van der Waals surface area contributed by atoms with Gasteiger partial charge in [-0.1, -0.05) is 6.08 Å². The SMILES string of the molecule is C=CCCC1CCC(C(=O)OCC)C1=O. The maximum absolute atomic E-state index is 11.8. The molecule has 1 saturated carbocycles. The molecule has 3 nitrogen and oxygen atoms in total. The Bertz CT molecular complexity index is 258. The van der Waals surface area contributed by atoms with Crippen molar-refractivity contribution in [1.82, 2.24) is 0 Å². The van der Waals surface area contributed by atoms with Crippen molar-refractivity contribution >= 4 is 11.8 Å². The fraction of sp³-hybridized carbons (Fsp3) is 0.667. The van der Waals surface area contributed by atoms with Gasteiger partial charge in [0.2, 0.25) is 0 Å². The molecule has 0 spiro atoms. The van der Waals surface area contributed by atoms with E-state index in [-0.39, 0.29) is 17.7 Å². The first-order valence-electron chi connectivity index (χ1n) is 5.52. The van der Waals surface area contributed by atoms with Crippen LogP contribution < -0.4 is 0 Å². The van der Waals surface area contributed by atoms with Crippen molar-refractivity contribution in [3.05, 3.63) is 12.7 Å². The van der Waals surface area contributed by atoms with Gasteiger partial charge in [0.05, 0.1) is 6.61 Å². The Balaban J connectivity index is 2.48. The lowest BCUT2D eigenvalue weighted by molar-refractivity contribution is -0.150. The average Bonchev–Trinajstić information content (AvgIpc) is 2.57. The first-order valence-corrected chi connectivity index (χ1v) is 5.52. The van der Waals surface area contributed by atoms with Crippen molar-refractivity contribution in [2.45, 2.75) is 32.6 Å². The summed E-state index contributed by atoms with van der Waals surface area (Å²) in [5, 5.41) is 0. The number of esters is 1. The zero-order valence-corrected chi connectivity index (χ0v) is 9.20. The van der Waals surface area contributed by atoms with Crippen molar-refractivity contribution < 1.29 is 14.3 Å². The van der Waals surface area contributed by atoms with Gasteiger partial charge >= 0.3 is 5.97 Å². The van der Waals surface area contributed by atoms with Gasteiger partial charge < -0.3 is 4.74 Å². The molecule has 0 aromatic heterocycles. The van der Waals surface area contributed by atoms with E-state index in [1.165, 1.54) is 0 Å². The van der Waals surface area contributed by atoms with E-state index in [9.17, 15) is 9.59 Å². The van der Waals surface area contributed by atoms with E-state index in [2.05, 4.69) is 6.58 Å². The van der Waals surface area contributed by atoms with Gasteiger partial charge in [0.1, 0.15) is 11.7 Å². The molecule has 1 aliphatic rings. The van der Waals surface area contributed by atoms with Crippen molar-refractivity contribution in [2.75, 3.05) is 6.61 Å². The number of allylic oxidation sites excluding steroid dienone is 1. The Morgan fingerprint density at radius 2 is 2.33 bits per heavy atom. The summed E-state index contributed by atoms with van der Waals surface area (Å²) >= 11 is 0. The molecule has 0 radical (unpaired) electrons. The third-order valence-corrected chi connectivity index (χ3v) is 2.84. The van der Waals surface area contributed by atoms with Crippen LogP contribution in [0.5, 0.6) is 0 Å². The fourth-order valence-electron chi connectivity index (χ4n) is 2.02. The highest BCUT2D eigenvalue weighted by atomic mass is 16.5. The number of Topliss-reactive ketones (excluding diaryl/α,β-unsaturated/α-hetero) is 1. The Labute approximate surface area is 90.5 Å². The second-order valence-electron chi connectivity index (χ2n) is 3.85. The molecule has 0 amide bonds. The molecule has 0 saturated heterocycles. The van der Waals surface area contributed by atoms with Crippen LogP contribution in [-0.4, -0.2) is 18.4 Å². The lowest BCUT2D eigenvalue weighted by Gasteiger charge is -2.08. The lowest BCUT2D eigenvalue weighted by atomic mass is 9.98. The van der Waals surface area contributed by atoms with Gasteiger partial charge in [-0.25, -0.2) is 0 Å². The zero-order valence-electron chi connectivity index (χ0n) is 9.20. The quantitative estimate of drug-likeness (QED) is 0.396. The van der Waals surface area contributed by atoms with Crippen LogP contribution in [0.3, 0.4) is 0 Å². The maximum Gasteiger partial charge on any atom is 0.316 e. The van der Waals surface area contributed by atoms with Crippen LogP contribution >= 0.6 is 0 Å². The molecule has 2 unspecified atom stereocenters. The predicted molar refractivity (Wildman–Crippen MR) is 57.3 cm³/mol. The average molecular weight is 210 g/mol. The molecule has 3 heteroatoms. The van der Waals surface area contributed by atoms with Crippen LogP contribution in [0.15, 0.2) is 12.7 Å². The monoisotopic (exact) mass is 210 g/mol. The Morgan fingerprint density at radius 3 is 2.93 bits per heavy atom. The van der Waals surface area contributed by atoms with Crippen molar-refractivity contribution in [3.8, 4) is 0 Å². The van der Waals surface area contributed by atoms with Crippen LogP contribution in [-0.2, 0) is 14.3 Å². The van der Waals surface area contributed by atoms with Crippen LogP contribution in [0.1, 0.15) is 32.6 Å². The minimum absolute atomic E-state index is 0.0393. The summed E-state index contributed by atoms with van der Waals surface area (Å²) in [6.45, 7) is 5.73. The fourth-order valence-corrected chi connectivity index (χ4v) is 2.02. The maximum atomic E-state index is 11.8. The van der Waals surface area contributed by atoms with Gasteiger partial charge in [-0.15, -0.1) is 6.58 Å². The van der Waals surface area contributed by atoms with Gasteiger partial charge in [0.15, 0.2) is 0 Å². The minimum atomic E-state index is -0.500. The molecule has 0 aliphatic heterocycles. The van der Waals surface area contributed by atoms with Crippen molar-refractivity contribution in [3.63, 3.8) is 0 Å². The molecule has 0 heterocycles. The highest BCUT2D eigenvalue weighted by Gasteiger charge is 2.38.